The van der Waals surface area contributed by atoms with Gasteiger partial charge in [-0.25, -0.2) is 4.68 Å². The Morgan fingerprint density at radius 3 is 2.80 bits per heavy atom. The summed E-state index contributed by atoms with van der Waals surface area (Å²) in [7, 11) is 0. The number of carbonyl (C=O) groups is 1. The number of benzene rings is 1. The molecule has 1 amide bonds. The van der Waals surface area contributed by atoms with Crippen molar-refractivity contribution < 1.29 is 4.79 Å². The molecule has 2 aromatic heterocycles. The van der Waals surface area contributed by atoms with E-state index in [4.69, 9.17) is 0 Å². The molecular weight excluding hydrogens is 312 g/mol. The third-order valence-corrected chi connectivity index (χ3v) is 4.78. The van der Waals surface area contributed by atoms with Gasteiger partial charge in [0.25, 0.3) is 0 Å². The molecule has 0 spiro atoms. The van der Waals surface area contributed by atoms with Crippen LogP contribution >= 0.6 is 0 Å². The minimum absolute atomic E-state index is 0.147. The van der Waals surface area contributed by atoms with Gasteiger partial charge in [0, 0.05) is 37.5 Å². The summed E-state index contributed by atoms with van der Waals surface area (Å²) in [6, 6.07) is 12.1. The molecule has 0 saturated heterocycles. The van der Waals surface area contributed by atoms with Crippen molar-refractivity contribution in [2.45, 2.75) is 26.3 Å². The van der Waals surface area contributed by atoms with Crippen LogP contribution in [0.5, 0.6) is 0 Å². The first-order chi connectivity index (χ1) is 12.2. The molecule has 1 aliphatic rings. The molecule has 0 aliphatic carbocycles. The molecule has 0 N–H and O–H groups in total. The third kappa shape index (κ3) is 3.05. The molecule has 0 unspecified atom stereocenters. The van der Waals surface area contributed by atoms with Crippen molar-refractivity contribution in [3.63, 3.8) is 0 Å². The number of rotatable bonds is 3. The van der Waals surface area contributed by atoms with Gasteiger partial charge in [-0.1, -0.05) is 18.2 Å². The molecular formula is C20H20N4O. The molecule has 1 aromatic carbocycles. The number of pyridine rings is 1. The minimum Gasteiger partial charge on any atom is -0.338 e. The van der Waals surface area contributed by atoms with Crippen LogP contribution < -0.4 is 0 Å². The van der Waals surface area contributed by atoms with Crippen LogP contribution in [0.1, 0.15) is 22.4 Å². The van der Waals surface area contributed by atoms with Crippen molar-refractivity contribution in [1.29, 1.82) is 0 Å². The van der Waals surface area contributed by atoms with E-state index in [-0.39, 0.29) is 5.91 Å². The summed E-state index contributed by atoms with van der Waals surface area (Å²) in [5, 5.41) is 4.53. The van der Waals surface area contributed by atoms with E-state index in [1.54, 1.807) is 12.4 Å². The molecule has 25 heavy (non-hydrogen) atoms. The van der Waals surface area contributed by atoms with Gasteiger partial charge in [0.1, 0.15) is 0 Å². The first kappa shape index (κ1) is 15.6. The Kier molecular flexibility index (Phi) is 4.06. The molecule has 0 fully saturated rings. The van der Waals surface area contributed by atoms with Gasteiger partial charge in [0.2, 0.25) is 5.91 Å². The fourth-order valence-electron chi connectivity index (χ4n) is 3.29. The van der Waals surface area contributed by atoms with Crippen molar-refractivity contribution in [2.24, 2.45) is 0 Å². The second kappa shape index (κ2) is 6.51. The molecule has 3 heterocycles. The number of hydrogen-bond acceptors (Lipinski definition) is 3. The highest BCUT2D eigenvalue weighted by molar-refractivity contribution is 5.79. The number of amides is 1. The van der Waals surface area contributed by atoms with Crippen molar-refractivity contribution >= 4 is 5.91 Å². The van der Waals surface area contributed by atoms with Gasteiger partial charge in [-0.15, -0.1) is 0 Å². The van der Waals surface area contributed by atoms with Crippen molar-refractivity contribution in [2.75, 3.05) is 6.54 Å². The summed E-state index contributed by atoms with van der Waals surface area (Å²) < 4.78 is 1.99. The van der Waals surface area contributed by atoms with Crippen LogP contribution in [0.4, 0.5) is 0 Å². The summed E-state index contributed by atoms with van der Waals surface area (Å²) >= 11 is 0. The van der Waals surface area contributed by atoms with Crippen LogP contribution in [-0.2, 0) is 24.2 Å². The zero-order valence-electron chi connectivity index (χ0n) is 14.2. The van der Waals surface area contributed by atoms with Gasteiger partial charge >= 0.3 is 0 Å². The Balaban J connectivity index is 1.51. The predicted octanol–water partition coefficient (Wildman–Crippen LogP) is 2.70. The SMILES string of the molecule is Cc1ccncc1CC(=O)N1CCc2c(cnn2-c2ccccc2)C1. The largest absolute Gasteiger partial charge is 0.338 e. The van der Waals surface area contributed by atoms with E-state index in [9.17, 15) is 4.79 Å². The van der Waals surface area contributed by atoms with E-state index in [2.05, 4.69) is 22.2 Å². The Hall–Kier alpha value is -2.95. The van der Waals surface area contributed by atoms with Crippen LogP contribution in [0, 0.1) is 6.92 Å². The van der Waals surface area contributed by atoms with Gasteiger partial charge in [-0.3, -0.25) is 9.78 Å². The van der Waals surface area contributed by atoms with E-state index in [0.717, 1.165) is 35.3 Å². The van der Waals surface area contributed by atoms with Gasteiger partial charge in [0.15, 0.2) is 0 Å². The molecule has 0 radical (unpaired) electrons. The third-order valence-electron chi connectivity index (χ3n) is 4.78. The molecule has 4 rings (SSSR count). The first-order valence-corrected chi connectivity index (χ1v) is 8.51. The Labute approximate surface area is 146 Å². The lowest BCUT2D eigenvalue weighted by Crippen LogP contribution is -2.37. The molecule has 5 nitrogen and oxygen atoms in total. The van der Waals surface area contributed by atoms with E-state index in [1.807, 2.05) is 47.0 Å². The van der Waals surface area contributed by atoms with Crippen molar-refractivity contribution in [3.8, 4) is 5.69 Å². The van der Waals surface area contributed by atoms with E-state index >= 15 is 0 Å². The molecule has 3 aromatic rings. The van der Waals surface area contributed by atoms with Gasteiger partial charge in [0.05, 0.1) is 24.0 Å². The summed E-state index contributed by atoms with van der Waals surface area (Å²) in [4.78, 5) is 18.7. The molecule has 0 atom stereocenters. The second-order valence-corrected chi connectivity index (χ2v) is 6.41. The average Bonchev–Trinajstić information content (AvgIpc) is 3.07. The number of nitrogens with zero attached hydrogens (tertiary/aromatic N) is 4. The summed E-state index contributed by atoms with van der Waals surface area (Å²) in [5.74, 6) is 0.147. The van der Waals surface area contributed by atoms with Gasteiger partial charge in [-0.2, -0.15) is 5.10 Å². The highest BCUT2D eigenvalue weighted by Crippen LogP contribution is 2.22. The van der Waals surface area contributed by atoms with Crippen molar-refractivity contribution in [1.82, 2.24) is 19.7 Å². The van der Waals surface area contributed by atoms with Gasteiger partial charge < -0.3 is 4.90 Å². The van der Waals surface area contributed by atoms with Crippen LogP contribution in [-0.4, -0.2) is 32.1 Å². The van der Waals surface area contributed by atoms with Crippen LogP contribution in [0.25, 0.3) is 5.69 Å². The minimum atomic E-state index is 0.147. The normalized spacial score (nSPS) is 13.6. The van der Waals surface area contributed by atoms with E-state index < -0.39 is 0 Å². The maximum Gasteiger partial charge on any atom is 0.227 e. The fraction of sp³-hybridized carbons (Fsp3) is 0.250. The second-order valence-electron chi connectivity index (χ2n) is 6.41. The molecule has 1 aliphatic heterocycles. The smallest absolute Gasteiger partial charge is 0.227 e. The Bertz CT molecular complexity index is 901. The number of hydrogen-bond donors (Lipinski definition) is 0. The summed E-state index contributed by atoms with van der Waals surface area (Å²) in [6.07, 6.45) is 6.66. The molecule has 126 valence electrons. The van der Waals surface area contributed by atoms with Crippen LogP contribution in [0.15, 0.2) is 55.0 Å². The highest BCUT2D eigenvalue weighted by Gasteiger charge is 2.24. The standard InChI is InChI=1S/C20H20N4O/c1-15-7-9-21-12-16(15)11-20(25)23-10-8-19-17(14-23)13-22-24(19)18-5-3-2-4-6-18/h2-7,9,12-13H,8,10-11,14H2,1H3. The topological polar surface area (TPSA) is 51.0 Å². The van der Waals surface area contributed by atoms with Crippen LogP contribution in [0.3, 0.4) is 0 Å². The first-order valence-electron chi connectivity index (χ1n) is 8.51. The maximum atomic E-state index is 12.7. The zero-order valence-corrected chi connectivity index (χ0v) is 14.2. The fourth-order valence-corrected chi connectivity index (χ4v) is 3.29. The van der Waals surface area contributed by atoms with Crippen molar-refractivity contribution in [3.05, 3.63) is 77.4 Å². The van der Waals surface area contributed by atoms with Crippen LogP contribution in [0.2, 0.25) is 0 Å². The lowest BCUT2D eigenvalue weighted by molar-refractivity contribution is -0.131. The summed E-state index contributed by atoms with van der Waals surface area (Å²) in [6.45, 7) is 3.37. The monoisotopic (exact) mass is 332 g/mol. The van der Waals surface area contributed by atoms with E-state index in [1.165, 1.54) is 5.69 Å². The lowest BCUT2D eigenvalue weighted by Gasteiger charge is -2.27. The molecule has 0 saturated carbocycles. The predicted molar refractivity (Wildman–Crippen MR) is 95.4 cm³/mol. The number of carbonyl (C=O) groups excluding carboxylic acids is 1. The quantitative estimate of drug-likeness (QED) is 0.741. The average molecular weight is 332 g/mol. The Morgan fingerprint density at radius 1 is 1.16 bits per heavy atom. The molecule has 0 bridgehead atoms. The van der Waals surface area contributed by atoms with E-state index in [0.29, 0.717) is 13.0 Å². The number of aromatic nitrogens is 3. The zero-order chi connectivity index (χ0) is 17.2. The molecule has 5 heteroatoms. The number of aryl methyl sites for hydroxylation is 1. The maximum absolute atomic E-state index is 12.7. The lowest BCUT2D eigenvalue weighted by atomic mass is 10.0. The number of fused-ring (bicyclic) bond motifs is 1. The number of para-hydroxylation sites is 1. The highest BCUT2D eigenvalue weighted by atomic mass is 16.2. The van der Waals surface area contributed by atoms with Gasteiger partial charge in [-0.05, 0) is 36.2 Å². The Morgan fingerprint density at radius 2 is 2.00 bits per heavy atom. The summed E-state index contributed by atoms with van der Waals surface area (Å²) in [5.41, 5.74) is 5.50.